The van der Waals surface area contributed by atoms with E-state index in [2.05, 4.69) is 4.98 Å². The zero-order chi connectivity index (χ0) is 18.4. The molecule has 0 unspecified atom stereocenters. The summed E-state index contributed by atoms with van der Waals surface area (Å²) in [6.45, 7) is 0.639. The molecule has 1 aromatic heterocycles. The fraction of sp³-hybridized carbons (Fsp3) is 0.118. The SMILES string of the molecule is CC(F)(F)c1cc2c(cc1C#N)c(=O)[nH]c(=O)n2-c1ccccc1Cl. The number of H-pyrrole nitrogens is 1. The van der Waals surface area contributed by atoms with Gasteiger partial charge < -0.3 is 0 Å². The molecule has 0 amide bonds. The van der Waals surface area contributed by atoms with Crippen molar-refractivity contribution in [3.05, 3.63) is 73.4 Å². The Morgan fingerprint density at radius 2 is 1.92 bits per heavy atom. The number of hydrogen-bond acceptors (Lipinski definition) is 3. The average molecular weight is 362 g/mol. The van der Waals surface area contributed by atoms with Gasteiger partial charge in [0.15, 0.2) is 0 Å². The van der Waals surface area contributed by atoms with E-state index in [0.29, 0.717) is 6.92 Å². The smallest absolute Gasteiger partial charge is 0.273 e. The summed E-state index contributed by atoms with van der Waals surface area (Å²) in [5.74, 6) is -3.33. The van der Waals surface area contributed by atoms with Crippen LogP contribution in [0.2, 0.25) is 5.02 Å². The van der Waals surface area contributed by atoms with E-state index in [0.717, 1.165) is 16.7 Å². The predicted octanol–water partition coefficient (Wildman–Crippen LogP) is 3.32. The van der Waals surface area contributed by atoms with Crippen molar-refractivity contribution in [2.45, 2.75) is 12.8 Å². The lowest BCUT2D eigenvalue weighted by molar-refractivity contribution is 0.0173. The van der Waals surface area contributed by atoms with Gasteiger partial charge in [0.1, 0.15) is 0 Å². The molecule has 1 N–H and O–H groups in total. The standard InChI is InChI=1S/C17H10ClF2N3O2/c1-17(19,20)11-7-14-10(6-9(11)8-21)15(24)22-16(25)23(14)13-5-3-2-4-12(13)18/h2-7H,1H3,(H,22,24,25). The third kappa shape index (κ3) is 2.81. The third-order valence-corrected chi connectivity index (χ3v) is 4.05. The van der Waals surface area contributed by atoms with Crippen LogP contribution in [0.25, 0.3) is 16.6 Å². The van der Waals surface area contributed by atoms with Gasteiger partial charge in [-0.15, -0.1) is 0 Å². The maximum atomic E-state index is 13.9. The molecule has 3 aromatic rings. The molecule has 0 fully saturated rings. The lowest BCUT2D eigenvalue weighted by Gasteiger charge is -2.16. The zero-order valence-corrected chi connectivity index (χ0v) is 13.6. The lowest BCUT2D eigenvalue weighted by atomic mass is 10.0. The first-order valence-corrected chi connectivity index (χ1v) is 7.48. The number of rotatable bonds is 2. The van der Waals surface area contributed by atoms with Crippen LogP contribution in [0, 0.1) is 11.3 Å². The Bertz CT molecular complexity index is 1150. The van der Waals surface area contributed by atoms with Crippen molar-refractivity contribution in [1.82, 2.24) is 9.55 Å². The molecule has 0 saturated carbocycles. The van der Waals surface area contributed by atoms with Crippen LogP contribution in [0.3, 0.4) is 0 Å². The summed E-state index contributed by atoms with van der Waals surface area (Å²) in [6, 6.07) is 9.99. The van der Waals surface area contributed by atoms with E-state index in [-0.39, 0.29) is 27.2 Å². The number of fused-ring (bicyclic) bond motifs is 1. The molecule has 0 saturated heterocycles. The minimum absolute atomic E-state index is 0.0580. The second kappa shape index (κ2) is 5.83. The summed E-state index contributed by atoms with van der Waals surface area (Å²) in [7, 11) is 0. The Kier molecular flexibility index (Phi) is 3.93. The van der Waals surface area contributed by atoms with Crippen molar-refractivity contribution in [2.24, 2.45) is 0 Å². The van der Waals surface area contributed by atoms with Gasteiger partial charge in [-0.05, 0) is 24.3 Å². The number of hydrogen-bond donors (Lipinski definition) is 1. The van der Waals surface area contributed by atoms with Gasteiger partial charge >= 0.3 is 5.69 Å². The van der Waals surface area contributed by atoms with Crippen LogP contribution in [0.15, 0.2) is 46.0 Å². The number of nitriles is 1. The molecule has 5 nitrogen and oxygen atoms in total. The Morgan fingerprint density at radius 3 is 2.52 bits per heavy atom. The minimum atomic E-state index is -3.33. The van der Waals surface area contributed by atoms with Crippen LogP contribution in [0.1, 0.15) is 18.1 Å². The number of halogens is 3. The third-order valence-electron chi connectivity index (χ3n) is 3.73. The van der Waals surface area contributed by atoms with Gasteiger partial charge in [-0.25, -0.2) is 13.6 Å². The summed E-state index contributed by atoms with van der Waals surface area (Å²) in [4.78, 5) is 26.5. The van der Waals surface area contributed by atoms with Gasteiger partial charge in [-0.2, -0.15) is 5.26 Å². The van der Waals surface area contributed by atoms with Crippen molar-refractivity contribution < 1.29 is 8.78 Å². The molecular weight excluding hydrogens is 352 g/mol. The van der Waals surface area contributed by atoms with Gasteiger partial charge in [0.25, 0.3) is 11.5 Å². The topological polar surface area (TPSA) is 78.7 Å². The summed E-state index contributed by atoms with van der Waals surface area (Å²) in [6.07, 6.45) is 0. The second-order valence-electron chi connectivity index (χ2n) is 5.46. The van der Waals surface area contributed by atoms with Gasteiger partial charge in [0.05, 0.1) is 33.2 Å². The average Bonchev–Trinajstić information content (AvgIpc) is 2.54. The lowest BCUT2D eigenvalue weighted by Crippen LogP contribution is -2.30. The summed E-state index contributed by atoms with van der Waals surface area (Å²) >= 11 is 6.11. The van der Waals surface area contributed by atoms with Gasteiger partial charge in [0.2, 0.25) is 0 Å². The Morgan fingerprint density at radius 1 is 1.24 bits per heavy atom. The van der Waals surface area contributed by atoms with Crippen LogP contribution in [-0.4, -0.2) is 9.55 Å². The first-order chi connectivity index (χ1) is 11.7. The van der Waals surface area contributed by atoms with Gasteiger partial charge in [-0.3, -0.25) is 14.3 Å². The van der Waals surface area contributed by atoms with Crippen molar-refractivity contribution >= 4 is 22.5 Å². The number of para-hydroxylation sites is 1. The molecule has 0 atom stereocenters. The van der Waals surface area contributed by atoms with Crippen molar-refractivity contribution in [3.63, 3.8) is 0 Å². The molecule has 0 spiro atoms. The van der Waals surface area contributed by atoms with Crippen molar-refractivity contribution in [2.75, 3.05) is 0 Å². The number of aromatic amines is 1. The fourth-order valence-corrected chi connectivity index (χ4v) is 2.83. The van der Waals surface area contributed by atoms with E-state index < -0.39 is 22.7 Å². The highest BCUT2D eigenvalue weighted by atomic mass is 35.5. The quantitative estimate of drug-likeness (QED) is 0.760. The maximum Gasteiger partial charge on any atom is 0.333 e. The number of alkyl halides is 2. The highest BCUT2D eigenvalue weighted by Crippen LogP contribution is 2.32. The zero-order valence-electron chi connectivity index (χ0n) is 12.8. The Hall–Kier alpha value is -2.98. The van der Waals surface area contributed by atoms with E-state index >= 15 is 0 Å². The molecule has 1 heterocycles. The molecule has 2 aromatic carbocycles. The summed E-state index contributed by atoms with van der Waals surface area (Å²) in [5.41, 5.74) is -2.34. The van der Waals surface area contributed by atoms with E-state index in [1.165, 1.54) is 12.1 Å². The Labute approximate surface area is 144 Å². The minimum Gasteiger partial charge on any atom is -0.273 e. The number of benzene rings is 2. The summed E-state index contributed by atoms with van der Waals surface area (Å²) < 4.78 is 28.8. The molecule has 0 radical (unpaired) electrons. The number of nitrogens with one attached hydrogen (secondary N) is 1. The molecule has 0 aliphatic heterocycles. The van der Waals surface area contributed by atoms with E-state index in [1.54, 1.807) is 18.2 Å². The summed E-state index contributed by atoms with van der Waals surface area (Å²) in [5, 5.41) is 9.27. The monoisotopic (exact) mass is 361 g/mol. The highest BCUT2D eigenvalue weighted by Gasteiger charge is 2.29. The van der Waals surface area contributed by atoms with Crippen LogP contribution in [0.5, 0.6) is 0 Å². The van der Waals surface area contributed by atoms with Crippen LogP contribution in [-0.2, 0) is 5.92 Å². The number of nitrogens with zero attached hydrogens (tertiary/aromatic N) is 2. The maximum absolute atomic E-state index is 13.9. The molecule has 8 heteroatoms. The van der Waals surface area contributed by atoms with E-state index in [4.69, 9.17) is 16.9 Å². The van der Waals surface area contributed by atoms with Crippen molar-refractivity contribution in [1.29, 1.82) is 5.26 Å². The molecule has 0 aliphatic carbocycles. The first-order valence-electron chi connectivity index (χ1n) is 7.10. The Balaban J connectivity index is 2.55. The fourth-order valence-electron chi connectivity index (χ4n) is 2.61. The molecule has 0 bridgehead atoms. The van der Waals surface area contributed by atoms with Gasteiger partial charge in [-0.1, -0.05) is 23.7 Å². The van der Waals surface area contributed by atoms with Crippen LogP contribution >= 0.6 is 11.6 Å². The van der Waals surface area contributed by atoms with Crippen molar-refractivity contribution in [3.8, 4) is 11.8 Å². The molecule has 25 heavy (non-hydrogen) atoms. The first kappa shape index (κ1) is 16.9. The largest absolute Gasteiger partial charge is 0.333 e. The van der Waals surface area contributed by atoms with E-state index in [1.807, 2.05) is 0 Å². The van der Waals surface area contributed by atoms with Crippen LogP contribution in [0.4, 0.5) is 8.78 Å². The molecular formula is C17H10ClF2N3O2. The molecule has 3 rings (SSSR count). The van der Waals surface area contributed by atoms with E-state index in [9.17, 15) is 18.4 Å². The molecule has 126 valence electrons. The molecule has 0 aliphatic rings. The van der Waals surface area contributed by atoms with Crippen LogP contribution < -0.4 is 11.2 Å². The normalized spacial score (nSPS) is 11.5. The predicted molar refractivity (Wildman–Crippen MR) is 89.5 cm³/mol. The second-order valence-corrected chi connectivity index (χ2v) is 5.87. The number of aromatic nitrogens is 2. The van der Waals surface area contributed by atoms with Gasteiger partial charge in [0, 0.05) is 12.5 Å². The highest BCUT2D eigenvalue weighted by molar-refractivity contribution is 6.32.